The minimum Gasteiger partial charge on any atom is -0.389 e. The summed E-state index contributed by atoms with van der Waals surface area (Å²) in [4.78, 5) is 5.92. The molecule has 0 aliphatic rings. The van der Waals surface area contributed by atoms with Gasteiger partial charge in [0, 0.05) is 11.1 Å². The second-order valence-electron chi connectivity index (χ2n) is 3.64. The maximum Gasteiger partial charge on any atom is 0.136 e. The summed E-state index contributed by atoms with van der Waals surface area (Å²) in [5, 5.41) is 5.35. The lowest BCUT2D eigenvalue weighted by molar-refractivity contribution is 1.12. The first-order valence-corrected chi connectivity index (χ1v) is 6.49. The molecule has 0 spiro atoms. The van der Waals surface area contributed by atoms with Gasteiger partial charge < -0.3 is 11.1 Å². The molecule has 3 N–H and O–H groups in total. The van der Waals surface area contributed by atoms with Gasteiger partial charge in [0.25, 0.3) is 0 Å². The van der Waals surface area contributed by atoms with E-state index >= 15 is 0 Å². The number of rotatable bonds is 4. The Morgan fingerprint density at radius 1 is 1.53 bits per heavy atom. The molecule has 17 heavy (non-hydrogen) atoms. The number of nitrogens with zero attached hydrogens (tertiary/aromatic N) is 1. The normalized spacial score (nSPS) is 10.2. The van der Waals surface area contributed by atoms with Gasteiger partial charge in [-0.2, -0.15) is 0 Å². The largest absolute Gasteiger partial charge is 0.389 e. The van der Waals surface area contributed by atoms with Crippen LogP contribution in [0, 0.1) is 6.92 Å². The van der Waals surface area contributed by atoms with Crippen molar-refractivity contribution < 1.29 is 0 Å². The highest BCUT2D eigenvalue weighted by Crippen LogP contribution is 2.18. The van der Waals surface area contributed by atoms with Crippen LogP contribution in [-0.2, 0) is 6.54 Å². The Bertz CT molecular complexity index is 534. The SMILES string of the molecule is Cc1ccsc1CNc1ncccc1C(N)=S. The molecule has 0 aliphatic heterocycles. The molecule has 5 heteroatoms. The molecule has 0 aromatic carbocycles. The van der Waals surface area contributed by atoms with E-state index in [2.05, 4.69) is 28.7 Å². The number of pyridine rings is 1. The molecule has 0 unspecified atom stereocenters. The van der Waals surface area contributed by atoms with Crippen molar-refractivity contribution >= 4 is 34.4 Å². The van der Waals surface area contributed by atoms with E-state index in [1.807, 2.05) is 12.1 Å². The number of nitrogens with one attached hydrogen (secondary N) is 1. The summed E-state index contributed by atoms with van der Waals surface area (Å²) in [5.74, 6) is 0.743. The second kappa shape index (κ2) is 5.25. The zero-order chi connectivity index (χ0) is 12.3. The van der Waals surface area contributed by atoms with E-state index in [-0.39, 0.29) is 0 Å². The van der Waals surface area contributed by atoms with E-state index in [0.717, 1.165) is 17.9 Å². The number of aromatic nitrogens is 1. The summed E-state index contributed by atoms with van der Waals surface area (Å²) in [6.07, 6.45) is 1.73. The molecule has 88 valence electrons. The molecule has 2 aromatic rings. The number of thiocarbonyl (C=S) groups is 1. The van der Waals surface area contributed by atoms with Gasteiger partial charge >= 0.3 is 0 Å². The Balaban J connectivity index is 2.14. The highest BCUT2D eigenvalue weighted by Gasteiger charge is 2.06. The smallest absolute Gasteiger partial charge is 0.136 e. The van der Waals surface area contributed by atoms with E-state index in [1.165, 1.54) is 10.4 Å². The predicted octanol–water partition coefficient (Wildman–Crippen LogP) is 2.70. The maximum atomic E-state index is 5.65. The summed E-state index contributed by atoms with van der Waals surface area (Å²) in [7, 11) is 0. The molecule has 0 saturated carbocycles. The average molecular weight is 263 g/mol. The van der Waals surface area contributed by atoms with Crippen LogP contribution in [0.15, 0.2) is 29.8 Å². The van der Waals surface area contributed by atoms with Crippen molar-refractivity contribution in [1.29, 1.82) is 0 Å². The number of nitrogens with two attached hydrogens (primary N) is 1. The van der Waals surface area contributed by atoms with Crippen molar-refractivity contribution in [3.8, 4) is 0 Å². The van der Waals surface area contributed by atoms with E-state index in [0.29, 0.717) is 4.99 Å². The Hall–Kier alpha value is -1.46. The third-order valence-electron chi connectivity index (χ3n) is 2.46. The number of thiophene rings is 1. The number of hydrogen-bond acceptors (Lipinski definition) is 4. The van der Waals surface area contributed by atoms with Crippen LogP contribution < -0.4 is 11.1 Å². The summed E-state index contributed by atoms with van der Waals surface area (Å²) in [6, 6.07) is 5.81. The quantitative estimate of drug-likeness (QED) is 0.833. The summed E-state index contributed by atoms with van der Waals surface area (Å²) in [5.41, 5.74) is 7.72. The molecule has 3 nitrogen and oxygen atoms in total. The first kappa shape index (κ1) is 12.0. The third kappa shape index (κ3) is 2.81. The minimum atomic E-state index is 0.364. The summed E-state index contributed by atoms with van der Waals surface area (Å²) in [6.45, 7) is 2.84. The zero-order valence-corrected chi connectivity index (χ0v) is 11.1. The Morgan fingerprint density at radius 2 is 2.35 bits per heavy atom. The van der Waals surface area contributed by atoms with Gasteiger partial charge in [-0.1, -0.05) is 12.2 Å². The highest BCUT2D eigenvalue weighted by molar-refractivity contribution is 7.80. The zero-order valence-electron chi connectivity index (χ0n) is 9.43. The lowest BCUT2D eigenvalue weighted by Crippen LogP contribution is -2.14. The van der Waals surface area contributed by atoms with Gasteiger partial charge in [-0.25, -0.2) is 4.98 Å². The number of aryl methyl sites for hydroxylation is 1. The lowest BCUT2D eigenvalue weighted by atomic mass is 10.2. The molecule has 0 bridgehead atoms. The van der Waals surface area contributed by atoms with E-state index < -0.39 is 0 Å². The highest BCUT2D eigenvalue weighted by atomic mass is 32.1. The van der Waals surface area contributed by atoms with Crippen LogP contribution in [0.2, 0.25) is 0 Å². The van der Waals surface area contributed by atoms with Gasteiger partial charge in [-0.15, -0.1) is 11.3 Å². The van der Waals surface area contributed by atoms with Crippen LogP contribution >= 0.6 is 23.6 Å². The van der Waals surface area contributed by atoms with Crippen LogP contribution in [0.3, 0.4) is 0 Å². The number of anilines is 1. The van der Waals surface area contributed by atoms with Gasteiger partial charge in [0.1, 0.15) is 10.8 Å². The van der Waals surface area contributed by atoms with Gasteiger partial charge in [0.15, 0.2) is 0 Å². The fourth-order valence-electron chi connectivity index (χ4n) is 1.49. The van der Waals surface area contributed by atoms with E-state index in [9.17, 15) is 0 Å². The van der Waals surface area contributed by atoms with E-state index in [4.69, 9.17) is 18.0 Å². The molecule has 0 saturated heterocycles. The fraction of sp³-hybridized carbons (Fsp3) is 0.167. The van der Waals surface area contributed by atoms with Crippen molar-refractivity contribution in [3.05, 3.63) is 45.8 Å². The molecule has 2 rings (SSSR count). The number of hydrogen-bond donors (Lipinski definition) is 2. The molecule has 2 aromatic heterocycles. The van der Waals surface area contributed by atoms with Crippen molar-refractivity contribution in [1.82, 2.24) is 4.98 Å². The predicted molar refractivity (Wildman–Crippen MR) is 76.5 cm³/mol. The first-order chi connectivity index (χ1) is 8.18. The molecule has 0 radical (unpaired) electrons. The Kier molecular flexibility index (Phi) is 3.71. The lowest BCUT2D eigenvalue weighted by Gasteiger charge is -2.09. The van der Waals surface area contributed by atoms with E-state index in [1.54, 1.807) is 17.5 Å². The maximum absolute atomic E-state index is 5.65. The topological polar surface area (TPSA) is 50.9 Å². The van der Waals surface area contributed by atoms with Gasteiger partial charge in [0.2, 0.25) is 0 Å². The van der Waals surface area contributed by atoms with Crippen molar-refractivity contribution in [2.45, 2.75) is 13.5 Å². The van der Waals surface area contributed by atoms with Crippen molar-refractivity contribution in [3.63, 3.8) is 0 Å². The van der Waals surface area contributed by atoms with Crippen molar-refractivity contribution in [2.24, 2.45) is 5.73 Å². The molecule has 0 aliphatic carbocycles. The molecule has 2 heterocycles. The van der Waals surface area contributed by atoms with Crippen LogP contribution in [0.25, 0.3) is 0 Å². The minimum absolute atomic E-state index is 0.364. The Morgan fingerprint density at radius 3 is 3.00 bits per heavy atom. The third-order valence-corrected chi connectivity index (χ3v) is 3.70. The molecule has 0 fully saturated rings. The second-order valence-corrected chi connectivity index (χ2v) is 5.08. The van der Waals surface area contributed by atoms with Crippen LogP contribution in [0.4, 0.5) is 5.82 Å². The molecular formula is C12H13N3S2. The summed E-state index contributed by atoms with van der Waals surface area (Å²) < 4.78 is 0. The van der Waals surface area contributed by atoms with Gasteiger partial charge in [-0.3, -0.25) is 0 Å². The van der Waals surface area contributed by atoms with Crippen molar-refractivity contribution in [2.75, 3.05) is 5.32 Å². The standard InChI is InChI=1S/C12H13N3S2/c1-8-4-6-17-10(8)7-15-12-9(11(13)16)3-2-5-14-12/h2-6H,7H2,1H3,(H2,13,16)(H,14,15). The molecular weight excluding hydrogens is 250 g/mol. The summed E-state index contributed by atoms with van der Waals surface area (Å²) >= 11 is 6.72. The molecule has 0 atom stereocenters. The monoisotopic (exact) mass is 263 g/mol. The molecule has 0 amide bonds. The van der Waals surface area contributed by atoms with Crippen LogP contribution in [0.5, 0.6) is 0 Å². The Labute approximate surface area is 110 Å². The van der Waals surface area contributed by atoms with Gasteiger partial charge in [-0.05, 0) is 36.1 Å². The first-order valence-electron chi connectivity index (χ1n) is 5.20. The van der Waals surface area contributed by atoms with Gasteiger partial charge in [0.05, 0.1) is 12.1 Å². The van der Waals surface area contributed by atoms with Crippen LogP contribution in [-0.4, -0.2) is 9.97 Å². The van der Waals surface area contributed by atoms with Crippen LogP contribution in [0.1, 0.15) is 16.0 Å². The average Bonchev–Trinajstić information content (AvgIpc) is 2.72. The fourth-order valence-corrected chi connectivity index (χ4v) is 2.50.